The second-order valence-electron chi connectivity index (χ2n) is 6.84. The first-order chi connectivity index (χ1) is 14.0. The first-order valence-corrected chi connectivity index (χ1v) is 9.70. The van der Waals surface area contributed by atoms with Crippen LogP contribution in [-0.4, -0.2) is 44.7 Å². The summed E-state index contributed by atoms with van der Waals surface area (Å²) in [6.07, 6.45) is 0.975. The van der Waals surface area contributed by atoms with Crippen molar-refractivity contribution in [3.63, 3.8) is 0 Å². The SMILES string of the molecule is COC(=O)C[C@@H]1c2cc(OC)c(OC)cc2CCN1C(=O)Cc1ccc(Cl)cc1. The minimum absolute atomic E-state index is 0.0540. The van der Waals surface area contributed by atoms with Crippen LogP contribution in [0.2, 0.25) is 5.02 Å². The molecule has 2 aromatic rings. The summed E-state index contributed by atoms with van der Waals surface area (Å²) in [7, 11) is 4.49. The van der Waals surface area contributed by atoms with Crippen molar-refractivity contribution >= 4 is 23.5 Å². The number of hydrogen-bond donors (Lipinski definition) is 0. The van der Waals surface area contributed by atoms with Gasteiger partial charge >= 0.3 is 5.97 Å². The van der Waals surface area contributed by atoms with Crippen molar-refractivity contribution in [1.82, 2.24) is 4.90 Å². The van der Waals surface area contributed by atoms with Crippen LogP contribution in [0.25, 0.3) is 0 Å². The summed E-state index contributed by atoms with van der Waals surface area (Å²) in [6.45, 7) is 0.510. The third-order valence-electron chi connectivity index (χ3n) is 5.18. The van der Waals surface area contributed by atoms with Crippen LogP contribution in [0, 0.1) is 0 Å². The number of halogens is 1. The van der Waals surface area contributed by atoms with Gasteiger partial charge in [-0.3, -0.25) is 9.59 Å². The van der Waals surface area contributed by atoms with E-state index in [4.69, 9.17) is 25.8 Å². The molecule has 7 heteroatoms. The first-order valence-electron chi connectivity index (χ1n) is 9.32. The zero-order valence-electron chi connectivity index (χ0n) is 16.7. The smallest absolute Gasteiger partial charge is 0.307 e. The van der Waals surface area contributed by atoms with Gasteiger partial charge in [-0.1, -0.05) is 23.7 Å². The number of amides is 1. The van der Waals surface area contributed by atoms with Crippen molar-refractivity contribution in [1.29, 1.82) is 0 Å². The van der Waals surface area contributed by atoms with Gasteiger partial charge in [-0.05, 0) is 47.4 Å². The van der Waals surface area contributed by atoms with Crippen molar-refractivity contribution in [3.8, 4) is 11.5 Å². The Hall–Kier alpha value is -2.73. The number of carbonyl (C=O) groups excluding carboxylic acids is 2. The van der Waals surface area contributed by atoms with Crippen LogP contribution < -0.4 is 9.47 Å². The van der Waals surface area contributed by atoms with E-state index in [1.807, 2.05) is 24.3 Å². The molecule has 0 saturated carbocycles. The molecule has 1 atom stereocenters. The molecule has 0 radical (unpaired) electrons. The number of esters is 1. The highest BCUT2D eigenvalue weighted by Gasteiger charge is 2.33. The molecule has 1 aliphatic rings. The summed E-state index contributed by atoms with van der Waals surface area (Å²) in [5.41, 5.74) is 2.78. The zero-order chi connectivity index (χ0) is 21.0. The minimum atomic E-state index is -0.425. The standard InChI is InChI=1S/C22H24ClNO5/c1-27-19-11-15-8-9-24(21(25)10-14-4-6-16(23)7-5-14)18(13-22(26)29-3)17(15)12-20(19)28-2/h4-7,11-12,18H,8-10,13H2,1-3H3/t18-/m1/s1. The van der Waals surface area contributed by atoms with E-state index in [1.54, 1.807) is 31.3 Å². The first kappa shape index (κ1) is 21.0. The molecule has 1 heterocycles. The molecule has 29 heavy (non-hydrogen) atoms. The van der Waals surface area contributed by atoms with E-state index in [0.717, 1.165) is 16.7 Å². The fraction of sp³-hybridized carbons (Fsp3) is 0.364. The Bertz CT molecular complexity index is 897. The molecule has 154 valence electrons. The molecule has 0 fully saturated rings. The van der Waals surface area contributed by atoms with Crippen LogP contribution in [0.4, 0.5) is 0 Å². The number of rotatable bonds is 6. The number of nitrogens with zero attached hydrogens (tertiary/aromatic N) is 1. The van der Waals surface area contributed by atoms with Crippen molar-refractivity contribution in [2.75, 3.05) is 27.9 Å². The Balaban J connectivity index is 1.93. The van der Waals surface area contributed by atoms with Crippen LogP contribution >= 0.6 is 11.6 Å². The number of methoxy groups -OCH3 is 3. The molecule has 0 aromatic heterocycles. The van der Waals surface area contributed by atoms with Gasteiger partial charge in [0.25, 0.3) is 0 Å². The van der Waals surface area contributed by atoms with E-state index in [2.05, 4.69) is 0 Å². The van der Waals surface area contributed by atoms with Crippen LogP contribution in [0.15, 0.2) is 36.4 Å². The van der Waals surface area contributed by atoms with Gasteiger partial charge in [-0.2, -0.15) is 0 Å². The maximum Gasteiger partial charge on any atom is 0.307 e. The van der Waals surface area contributed by atoms with Gasteiger partial charge in [0.1, 0.15) is 0 Å². The lowest BCUT2D eigenvalue weighted by Crippen LogP contribution is -2.42. The zero-order valence-corrected chi connectivity index (χ0v) is 17.5. The molecule has 1 amide bonds. The predicted molar refractivity (Wildman–Crippen MR) is 109 cm³/mol. The highest BCUT2D eigenvalue weighted by Crippen LogP contribution is 2.39. The number of carbonyl (C=O) groups is 2. The molecule has 1 aliphatic heterocycles. The topological polar surface area (TPSA) is 65.1 Å². The maximum atomic E-state index is 13.1. The summed E-state index contributed by atoms with van der Waals surface area (Å²) >= 11 is 5.93. The van der Waals surface area contributed by atoms with E-state index >= 15 is 0 Å². The van der Waals surface area contributed by atoms with Crippen molar-refractivity contribution < 1.29 is 23.8 Å². The normalized spacial score (nSPS) is 15.4. The largest absolute Gasteiger partial charge is 0.493 e. The fourth-order valence-corrected chi connectivity index (χ4v) is 3.79. The Morgan fingerprint density at radius 3 is 2.34 bits per heavy atom. The van der Waals surface area contributed by atoms with E-state index in [9.17, 15) is 9.59 Å². The van der Waals surface area contributed by atoms with Crippen LogP contribution in [0.3, 0.4) is 0 Å². The molecule has 6 nitrogen and oxygen atoms in total. The summed E-state index contributed by atoms with van der Waals surface area (Å²) < 4.78 is 15.7. The van der Waals surface area contributed by atoms with Crippen molar-refractivity contribution in [3.05, 3.63) is 58.1 Å². The second-order valence-corrected chi connectivity index (χ2v) is 7.28. The summed E-state index contributed by atoms with van der Waals surface area (Å²) in [4.78, 5) is 27.0. The molecule has 0 spiro atoms. The average Bonchev–Trinajstić information content (AvgIpc) is 2.74. The molecular formula is C22H24ClNO5. The molecule has 0 aliphatic carbocycles. The summed E-state index contributed by atoms with van der Waals surface area (Å²) in [5, 5.41) is 0.623. The van der Waals surface area contributed by atoms with Gasteiger partial charge in [0.15, 0.2) is 11.5 Å². The van der Waals surface area contributed by atoms with Gasteiger partial charge in [-0.15, -0.1) is 0 Å². The Labute approximate surface area is 175 Å². The van der Waals surface area contributed by atoms with E-state index < -0.39 is 6.04 Å². The van der Waals surface area contributed by atoms with E-state index in [-0.39, 0.29) is 24.7 Å². The number of ether oxygens (including phenoxy) is 3. The minimum Gasteiger partial charge on any atom is -0.493 e. The predicted octanol–water partition coefficient (Wildman–Crippen LogP) is 3.59. The van der Waals surface area contributed by atoms with Gasteiger partial charge in [0.2, 0.25) is 5.91 Å². The average molecular weight is 418 g/mol. The fourth-order valence-electron chi connectivity index (χ4n) is 3.67. The number of hydrogen-bond acceptors (Lipinski definition) is 5. The van der Waals surface area contributed by atoms with Gasteiger partial charge in [-0.25, -0.2) is 0 Å². The molecule has 0 unspecified atom stereocenters. The van der Waals surface area contributed by atoms with Crippen LogP contribution in [0.5, 0.6) is 11.5 Å². The van der Waals surface area contributed by atoms with Gasteiger partial charge < -0.3 is 19.1 Å². The van der Waals surface area contributed by atoms with Crippen molar-refractivity contribution in [2.45, 2.75) is 25.3 Å². The van der Waals surface area contributed by atoms with Gasteiger partial charge in [0, 0.05) is 11.6 Å². The molecular weight excluding hydrogens is 394 g/mol. The Morgan fingerprint density at radius 2 is 1.72 bits per heavy atom. The quantitative estimate of drug-likeness (QED) is 0.672. The van der Waals surface area contributed by atoms with Crippen molar-refractivity contribution in [2.24, 2.45) is 0 Å². The Kier molecular flexibility index (Phi) is 6.64. The molecule has 0 saturated heterocycles. The third-order valence-corrected chi connectivity index (χ3v) is 5.43. The highest BCUT2D eigenvalue weighted by molar-refractivity contribution is 6.30. The lowest BCUT2D eigenvalue weighted by molar-refractivity contribution is -0.144. The molecule has 0 N–H and O–H groups in total. The molecule has 0 bridgehead atoms. The lowest BCUT2D eigenvalue weighted by atomic mass is 9.89. The number of fused-ring (bicyclic) bond motifs is 1. The molecule has 3 rings (SSSR count). The van der Waals surface area contributed by atoms with Crippen LogP contribution in [0.1, 0.15) is 29.2 Å². The second kappa shape index (κ2) is 9.18. The molecule has 2 aromatic carbocycles. The summed E-state index contributed by atoms with van der Waals surface area (Å²) in [5.74, 6) is 0.765. The number of benzene rings is 2. The van der Waals surface area contributed by atoms with E-state index in [1.165, 1.54) is 7.11 Å². The third kappa shape index (κ3) is 4.65. The van der Waals surface area contributed by atoms with E-state index in [0.29, 0.717) is 29.5 Å². The monoisotopic (exact) mass is 417 g/mol. The maximum absolute atomic E-state index is 13.1. The summed E-state index contributed by atoms with van der Waals surface area (Å²) in [6, 6.07) is 10.5. The lowest BCUT2D eigenvalue weighted by Gasteiger charge is -2.37. The Morgan fingerprint density at radius 1 is 1.07 bits per heavy atom. The van der Waals surface area contributed by atoms with Gasteiger partial charge in [0.05, 0.1) is 40.2 Å². The van der Waals surface area contributed by atoms with Crippen LogP contribution in [-0.2, 0) is 27.2 Å². The highest BCUT2D eigenvalue weighted by atomic mass is 35.5.